The molecule has 0 radical (unpaired) electrons. The first-order valence-electron chi connectivity index (χ1n) is 9.56. The minimum Gasteiger partial charge on any atom is -0.352 e. The van der Waals surface area contributed by atoms with E-state index in [2.05, 4.69) is 53.7 Å². The Bertz CT molecular complexity index is 762. The minimum absolute atomic E-state index is 0.0918. The SMILES string of the molecule is Cc1ccc(Nc2nnc(S[C@H](C)C(=O)N[C@@H]3CCC[C@@H](C)[C@@H]3C)s2)cc1. The predicted molar refractivity (Wildman–Crippen MR) is 114 cm³/mol. The Morgan fingerprint density at radius 3 is 2.70 bits per heavy atom. The topological polar surface area (TPSA) is 66.9 Å². The maximum atomic E-state index is 12.6. The molecular formula is C20H28N4OS2. The first kappa shape index (κ1) is 20.1. The van der Waals surface area contributed by atoms with Gasteiger partial charge in [-0.3, -0.25) is 4.79 Å². The van der Waals surface area contributed by atoms with Crippen molar-refractivity contribution in [3.63, 3.8) is 0 Å². The van der Waals surface area contributed by atoms with Crippen LogP contribution in [-0.2, 0) is 4.79 Å². The maximum Gasteiger partial charge on any atom is 0.233 e. The van der Waals surface area contributed by atoms with Crippen molar-refractivity contribution < 1.29 is 4.79 Å². The number of aryl methyl sites for hydroxylation is 1. The molecule has 0 unspecified atom stereocenters. The second-order valence-corrected chi connectivity index (χ2v) is 10.1. The van der Waals surface area contributed by atoms with E-state index in [1.54, 1.807) is 0 Å². The third kappa shape index (κ3) is 5.45. The number of carbonyl (C=O) groups excluding carboxylic acids is 1. The highest BCUT2D eigenvalue weighted by atomic mass is 32.2. The van der Waals surface area contributed by atoms with Gasteiger partial charge in [0.2, 0.25) is 11.0 Å². The molecule has 7 heteroatoms. The van der Waals surface area contributed by atoms with Crippen molar-refractivity contribution in [2.45, 2.75) is 62.6 Å². The first-order valence-corrected chi connectivity index (χ1v) is 11.3. The molecule has 4 atom stereocenters. The zero-order chi connectivity index (χ0) is 19.4. The minimum atomic E-state index is -0.186. The number of rotatable bonds is 6. The Morgan fingerprint density at radius 2 is 1.96 bits per heavy atom. The third-order valence-corrected chi connectivity index (χ3v) is 7.41. The molecular weight excluding hydrogens is 376 g/mol. The molecule has 1 fully saturated rings. The van der Waals surface area contributed by atoms with E-state index in [9.17, 15) is 4.79 Å². The summed E-state index contributed by atoms with van der Waals surface area (Å²) < 4.78 is 0.803. The number of hydrogen-bond donors (Lipinski definition) is 2. The molecule has 1 saturated carbocycles. The van der Waals surface area contributed by atoms with Gasteiger partial charge in [-0.15, -0.1) is 10.2 Å². The van der Waals surface area contributed by atoms with Crippen LogP contribution in [0.15, 0.2) is 28.6 Å². The Labute approximate surface area is 169 Å². The number of anilines is 2. The van der Waals surface area contributed by atoms with Crippen LogP contribution >= 0.6 is 23.1 Å². The Hall–Kier alpha value is -1.60. The van der Waals surface area contributed by atoms with Crippen LogP contribution in [0.3, 0.4) is 0 Å². The Morgan fingerprint density at radius 1 is 1.22 bits per heavy atom. The fraction of sp³-hybridized carbons (Fsp3) is 0.550. The average molecular weight is 405 g/mol. The summed E-state index contributed by atoms with van der Waals surface area (Å²) >= 11 is 2.94. The van der Waals surface area contributed by atoms with Crippen LogP contribution in [0.25, 0.3) is 0 Å². The number of amides is 1. The van der Waals surface area contributed by atoms with Gasteiger partial charge in [0.05, 0.1) is 5.25 Å². The standard InChI is InChI=1S/C20H28N4OS2/c1-12-8-10-16(11-9-12)21-19-23-24-20(27-19)26-15(4)18(25)22-17-7-5-6-13(2)14(17)3/h8-11,13-15,17H,5-7H2,1-4H3,(H,21,23)(H,22,25)/t13-,14+,15-,17-/m1/s1. The van der Waals surface area contributed by atoms with Crippen molar-refractivity contribution in [1.29, 1.82) is 0 Å². The summed E-state index contributed by atoms with van der Waals surface area (Å²) in [6.07, 6.45) is 3.54. The summed E-state index contributed by atoms with van der Waals surface area (Å²) in [7, 11) is 0. The van der Waals surface area contributed by atoms with Gasteiger partial charge in [0, 0.05) is 11.7 Å². The Kier molecular flexibility index (Phi) is 6.76. The van der Waals surface area contributed by atoms with Crippen molar-refractivity contribution in [2.24, 2.45) is 11.8 Å². The van der Waals surface area contributed by atoms with Crippen LogP contribution in [0, 0.1) is 18.8 Å². The van der Waals surface area contributed by atoms with E-state index >= 15 is 0 Å². The summed E-state index contributed by atoms with van der Waals surface area (Å²) in [6.45, 7) is 8.53. The van der Waals surface area contributed by atoms with Crippen molar-refractivity contribution in [3.05, 3.63) is 29.8 Å². The quantitative estimate of drug-likeness (QED) is 0.662. The summed E-state index contributed by atoms with van der Waals surface area (Å²) in [5.74, 6) is 1.30. The van der Waals surface area contributed by atoms with E-state index in [0.29, 0.717) is 11.8 Å². The van der Waals surface area contributed by atoms with E-state index in [-0.39, 0.29) is 17.2 Å². The lowest BCUT2D eigenvalue weighted by Crippen LogP contribution is -2.46. The summed E-state index contributed by atoms with van der Waals surface area (Å²) in [5, 5.41) is 15.5. The molecule has 27 heavy (non-hydrogen) atoms. The predicted octanol–water partition coefficient (Wildman–Crippen LogP) is 5.01. The van der Waals surface area contributed by atoms with Gasteiger partial charge in [-0.2, -0.15) is 0 Å². The van der Waals surface area contributed by atoms with Gasteiger partial charge < -0.3 is 10.6 Å². The van der Waals surface area contributed by atoms with Gasteiger partial charge in [0.1, 0.15) is 0 Å². The molecule has 0 bridgehead atoms. The fourth-order valence-electron chi connectivity index (χ4n) is 3.36. The largest absolute Gasteiger partial charge is 0.352 e. The zero-order valence-corrected chi connectivity index (χ0v) is 18.0. The highest BCUT2D eigenvalue weighted by Gasteiger charge is 2.29. The summed E-state index contributed by atoms with van der Waals surface area (Å²) in [5.41, 5.74) is 2.20. The van der Waals surface area contributed by atoms with Gasteiger partial charge in [-0.25, -0.2) is 0 Å². The fourth-order valence-corrected chi connectivity index (χ4v) is 5.28. The molecule has 1 aromatic heterocycles. The maximum absolute atomic E-state index is 12.6. The highest BCUT2D eigenvalue weighted by molar-refractivity contribution is 8.02. The second kappa shape index (κ2) is 9.06. The van der Waals surface area contributed by atoms with E-state index < -0.39 is 0 Å². The van der Waals surface area contributed by atoms with Gasteiger partial charge in [-0.05, 0) is 44.2 Å². The molecule has 1 amide bonds. The lowest BCUT2D eigenvalue weighted by Gasteiger charge is -2.35. The molecule has 0 saturated heterocycles. The third-order valence-electron chi connectivity index (χ3n) is 5.39. The molecule has 1 heterocycles. The van der Waals surface area contributed by atoms with E-state index in [4.69, 9.17) is 0 Å². The monoisotopic (exact) mass is 404 g/mol. The van der Waals surface area contributed by atoms with Gasteiger partial charge >= 0.3 is 0 Å². The first-order chi connectivity index (χ1) is 12.9. The molecule has 2 N–H and O–H groups in total. The van der Waals surface area contributed by atoms with Crippen LogP contribution in [0.1, 0.15) is 45.6 Å². The number of nitrogens with zero attached hydrogens (tertiary/aromatic N) is 2. The van der Waals surface area contributed by atoms with Crippen molar-refractivity contribution in [1.82, 2.24) is 15.5 Å². The van der Waals surface area contributed by atoms with E-state index in [1.807, 2.05) is 19.1 Å². The van der Waals surface area contributed by atoms with Crippen molar-refractivity contribution in [2.75, 3.05) is 5.32 Å². The molecule has 1 aromatic carbocycles. The second-order valence-electron chi connectivity index (χ2n) is 7.51. The number of nitrogens with one attached hydrogen (secondary N) is 2. The van der Waals surface area contributed by atoms with Gasteiger partial charge in [-0.1, -0.05) is 67.5 Å². The van der Waals surface area contributed by atoms with Crippen molar-refractivity contribution in [3.8, 4) is 0 Å². The van der Waals surface area contributed by atoms with Crippen LogP contribution in [0.4, 0.5) is 10.8 Å². The normalized spacial score (nSPS) is 23.6. The highest BCUT2D eigenvalue weighted by Crippen LogP contribution is 2.32. The van der Waals surface area contributed by atoms with Crippen LogP contribution in [0.2, 0.25) is 0 Å². The lowest BCUT2D eigenvalue weighted by atomic mass is 9.78. The lowest BCUT2D eigenvalue weighted by molar-refractivity contribution is -0.121. The molecule has 1 aliphatic carbocycles. The zero-order valence-electron chi connectivity index (χ0n) is 16.4. The molecule has 1 aliphatic rings. The molecule has 0 spiro atoms. The molecule has 146 valence electrons. The van der Waals surface area contributed by atoms with Gasteiger partial charge in [0.15, 0.2) is 4.34 Å². The van der Waals surface area contributed by atoms with E-state index in [0.717, 1.165) is 21.6 Å². The van der Waals surface area contributed by atoms with Crippen molar-refractivity contribution >= 4 is 39.8 Å². The Balaban J connectivity index is 1.53. The molecule has 2 aromatic rings. The van der Waals surface area contributed by atoms with Crippen LogP contribution < -0.4 is 10.6 Å². The molecule has 0 aliphatic heterocycles. The van der Waals surface area contributed by atoms with Gasteiger partial charge in [0.25, 0.3) is 0 Å². The smallest absolute Gasteiger partial charge is 0.233 e. The number of benzene rings is 1. The van der Waals surface area contributed by atoms with E-state index in [1.165, 1.54) is 41.5 Å². The number of thioether (sulfide) groups is 1. The van der Waals surface area contributed by atoms with Crippen LogP contribution in [0.5, 0.6) is 0 Å². The summed E-state index contributed by atoms with van der Waals surface area (Å²) in [6, 6.07) is 8.44. The average Bonchev–Trinajstić information content (AvgIpc) is 3.07. The molecule has 5 nitrogen and oxygen atoms in total. The number of carbonyl (C=O) groups is 1. The number of hydrogen-bond acceptors (Lipinski definition) is 6. The summed E-state index contributed by atoms with van der Waals surface area (Å²) in [4.78, 5) is 12.6. The molecule has 3 rings (SSSR count). The van der Waals surface area contributed by atoms with Crippen LogP contribution in [-0.4, -0.2) is 27.4 Å². The number of aromatic nitrogens is 2.